The molecule has 0 saturated carbocycles. The highest BCUT2D eigenvalue weighted by Gasteiger charge is 2.50. The average molecular weight is 365 g/mol. The smallest absolute Gasteiger partial charge is 0.305 e. The lowest BCUT2D eigenvalue weighted by Crippen LogP contribution is -2.51. The van der Waals surface area contributed by atoms with E-state index in [1.165, 1.54) is 32.1 Å². The molecular formula is C16H31NO6S. The number of rotatable bonds is 15. The van der Waals surface area contributed by atoms with E-state index >= 15 is 0 Å². The summed E-state index contributed by atoms with van der Waals surface area (Å²) in [5.41, 5.74) is 5.09. The van der Waals surface area contributed by atoms with Crippen molar-refractivity contribution in [3.63, 3.8) is 0 Å². The molecule has 0 rings (SSSR count). The summed E-state index contributed by atoms with van der Waals surface area (Å²) in [4.78, 5) is 22.4. The molecule has 0 spiro atoms. The van der Waals surface area contributed by atoms with E-state index in [0.717, 1.165) is 19.3 Å². The Labute approximate surface area is 144 Å². The molecule has 0 heterocycles. The Morgan fingerprint density at radius 3 is 1.67 bits per heavy atom. The van der Waals surface area contributed by atoms with Crippen molar-refractivity contribution in [1.82, 2.24) is 0 Å². The number of carboxylic acids is 1. The lowest BCUT2D eigenvalue weighted by molar-refractivity contribution is -0.140. The van der Waals surface area contributed by atoms with E-state index in [4.69, 9.17) is 10.8 Å². The van der Waals surface area contributed by atoms with Crippen LogP contribution in [0.2, 0.25) is 0 Å². The molecule has 1 amide bonds. The van der Waals surface area contributed by atoms with Gasteiger partial charge in [-0.05, 0) is 6.42 Å². The molecule has 0 aliphatic rings. The Morgan fingerprint density at radius 1 is 0.917 bits per heavy atom. The SMILES string of the molecule is CCCCCCCCCCCCC(CC(=O)O)(C(N)=O)S(=O)(=O)O. The zero-order chi connectivity index (χ0) is 18.6. The second-order valence-corrected chi connectivity index (χ2v) is 8.07. The van der Waals surface area contributed by atoms with Crippen LogP contribution in [0.4, 0.5) is 0 Å². The predicted octanol–water partition coefficient (Wildman–Crippen LogP) is 2.88. The summed E-state index contributed by atoms with van der Waals surface area (Å²) >= 11 is 0. The second-order valence-electron chi connectivity index (χ2n) is 6.34. The summed E-state index contributed by atoms with van der Waals surface area (Å²) in [6.45, 7) is 2.17. The summed E-state index contributed by atoms with van der Waals surface area (Å²) < 4.78 is 29.9. The lowest BCUT2D eigenvalue weighted by atomic mass is 9.95. The van der Waals surface area contributed by atoms with Crippen LogP contribution in [0, 0.1) is 0 Å². The van der Waals surface area contributed by atoms with Crippen LogP contribution in [0.15, 0.2) is 0 Å². The Hall–Kier alpha value is -1.15. The number of primary amides is 1. The number of carboxylic acid groups (broad SMARTS) is 1. The minimum absolute atomic E-state index is 0.274. The van der Waals surface area contributed by atoms with Crippen LogP contribution in [0.5, 0.6) is 0 Å². The van der Waals surface area contributed by atoms with Gasteiger partial charge in [0.1, 0.15) is 0 Å². The number of carbonyl (C=O) groups excluding carboxylic acids is 1. The first-order chi connectivity index (χ1) is 11.2. The fraction of sp³-hybridized carbons (Fsp3) is 0.875. The maximum Gasteiger partial charge on any atom is 0.305 e. The van der Waals surface area contributed by atoms with Crippen molar-refractivity contribution < 1.29 is 27.7 Å². The minimum Gasteiger partial charge on any atom is -0.481 e. The Kier molecular flexibility index (Phi) is 10.9. The molecule has 0 aromatic rings. The first-order valence-corrected chi connectivity index (χ1v) is 10.1. The number of aliphatic carboxylic acids is 1. The first-order valence-electron chi connectivity index (χ1n) is 8.66. The molecule has 4 N–H and O–H groups in total. The monoisotopic (exact) mass is 365 g/mol. The van der Waals surface area contributed by atoms with Crippen LogP contribution in [0.3, 0.4) is 0 Å². The van der Waals surface area contributed by atoms with Crippen LogP contribution >= 0.6 is 0 Å². The third-order valence-electron chi connectivity index (χ3n) is 4.31. The third kappa shape index (κ3) is 8.10. The Morgan fingerprint density at radius 2 is 1.33 bits per heavy atom. The van der Waals surface area contributed by atoms with Gasteiger partial charge < -0.3 is 10.8 Å². The van der Waals surface area contributed by atoms with Crippen molar-refractivity contribution in [1.29, 1.82) is 0 Å². The fourth-order valence-corrected chi connectivity index (χ4v) is 3.75. The van der Waals surface area contributed by atoms with Gasteiger partial charge in [-0.25, -0.2) is 0 Å². The van der Waals surface area contributed by atoms with Gasteiger partial charge in [-0.2, -0.15) is 8.42 Å². The van der Waals surface area contributed by atoms with Gasteiger partial charge in [0, 0.05) is 0 Å². The van der Waals surface area contributed by atoms with Gasteiger partial charge in [0.15, 0.2) is 4.75 Å². The number of hydrogen-bond acceptors (Lipinski definition) is 4. The van der Waals surface area contributed by atoms with Gasteiger partial charge in [0.05, 0.1) is 6.42 Å². The molecule has 0 aromatic heterocycles. The number of unbranched alkanes of at least 4 members (excludes halogenated alkanes) is 9. The van der Waals surface area contributed by atoms with E-state index in [1.54, 1.807) is 0 Å². The minimum atomic E-state index is -4.89. The van der Waals surface area contributed by atoms with Crippen molar-refractivity contribution in [2.75, 3.05) is 0 Å². The highest BCUT2D eigenvalue weighted by molar-refractivity contribution is 7.88. The highest BCUT2D eigenvalue weighted by atomic mass is 32.2. The molecule has 142 valence electrons. The maximum absolute atomic E-state index is 11.5. The molecule has 0 fully saturated rings. The summed E-state index contributed by atoms with van der Waals surface area (Å²) in [5.74, 6) is -2.80. The number of nitrogens with two attached hydrogens (primary N) is 1. The molecule has 1 atom stereocenters. The Bertz CT molecular complexity index is 491. The van der Waals surface area contributed by atoms with Gasteiger partial charge in [0.2, 0.25) is 5.91 Å². The van der Waals surface area contributed by atoms with E-state index in [9.17, 15) is 22.6 Å². The molecule has 0 saturated heterocycles. The van der Waals surface area contributed by atoms with E-state index in [-0.39, 0.29) is 6.42 Å². The molecule has 0 bridgehead atoms. The summed E-state index contributed by atoms with van der Waals surface area (Å²) in [6, 6.07) is 0. The standard InChI is InChI=1S/C16H31NO6S/c1-2-3-4-5-6-7-8-9-10-11-12-16(15(17)20,13-14(18)19)24(21,22)23/h2-13H2,1H3,(H2,17,20)(H,18,19)(H,21,22,23). The molecule has 0 radical (unpaired) electrons. The van der Waals surface area contributed by atoms with Crippen molar-refractivity contribution in [2.24, 2.45) is 5.73 Å². The lowest BCUT2D eigenvalue weighted by Gasteiger charge is -2.25. The van der Waals surface area contributed by atoms with Gasteiger partial charge in [0.25, 0.3) is 10.1 Å². The van der Waals surface area contributed by atoms with Crippen LogP contribution < -0.4 is 5.73 Å². The van der Waals surface area contributed by atoms with Gasteiger partial charge in [-0.15, -0.1) is 0 Å². The zero-order valence-corrected chi connectivity index (χ0v) is 15.3. The maximum atomic E-state index is 11.5. The van der Waals surface area contributed by atoms with Crippen LogP contribution in [-0.4, -0.2) is 34.7 Å². The van der Waals surface area contributed by atoms with Crippen molar-refractivity contribution in [3.05, 3.63) is 0 Å². The quantitative estimate of drug-likeness (QED) is 0.302. The first kappa shape index (κ1) is 22.9. The molecule has 7 nitrogen and oxygen atoms in total. The van der Waals surface area contributed by atoms with E-state index in [0.29, 0.717) is 12.8 Å². The van der Waals surface area contributed by atoms with Crippen LogP contribution in [0.1, 0.15) is 84.0 Å². The number of amides is 1. The number of carbonyl (C=O) groups is 2. The van der Waals surface area contributed by atoms with Crippen molar-refractivity contribution in [3.8, 4) is 0 Å². The largest absolute Gasteiger partial charge is 0.481 e. The normalized spacial score (nSPS) is 14.2. The molecule has 1 unspecified atom stereocenters. The summed E-state index contributed by atoms with van der Waals surface area (Å²) in [5, 5.41) is 8.84. The molecule has 24 heavy (non-hydrogen) atoms. The van der Waals surface area contributed by atoms with E-state index in [2.05, 4.69) is 6.92 Å². The zero-order valence-electron chi connectivity index (χ0n) is 14.5. The number of hydrogen-bond donors (Lipinski definition) is 3. The van der Waals surface area contributed by atoms with Crippen molar-refractivity contribution in [2.45, 2.75) is 88.7 Å². The predicted molar refractivity (Wildman–Crippen MR) is 92.2 cm³/mol. The average Bonchev–Trinajstić information content (AvgIpc) is 2.46. The van der Waals surface area contributed by atoms with Crippen LogP contribution in [0.25, 0.3) is 0 Å². The molecule has 0 aliphatic heterocycles. The van der Waals surface area contributed by atoms with Gasteiger partial charge in [-0.1, -0.05) is 71.1 Å². The van der Waals surface area contributed by atoms with Gasteiger partial charge in [-0.3, -0.25) is 14.1 Å². The molecular weight excluding hydrogens is 334 g/mol. The molecule has 8 heteroatoms. The molecule has 0 aromatic carbocycles. The van der Waals surface area contributed by atoms with Gasteiger partial charge >= 0.3 is 5.97 Å². The third-order valence-corrected chi connectivity index (χ3v) is 5.85. The molecule has 0 aliphatic carbocycles. The highest BCUT2D eigenvalue weighted by Crippen LogP contribution is 2.28. The Balaban J connectivity index is 4.26. The van der Waals surface area contributed by atoms with E-state index in [1.807, 2.05) is 0 Å². The van der Waals surface area contributed by atoms with E-state index < -0.39 is 33.2 Å². The summed E-state index contributed by atoms with van der Waals surface area (Å²) in [6.07, 6.45) is 8.82. The topological polar surface area (TPSA) is 135 Å². The summed E-state index contributed by atoms with van der Waals surface area (Å²) in [7, 11) is -4.89. The fourth-order valence-electron chi connectivity index (χ4n) is 2.79. The van der Waals surface area contributed by atoms with Crippen LogP contribution in [-0.2, 0) is 19.7 Å². The van der Waals surface area contributed by atoms with Crippen molar-refractivity contribution >= 4 is 22.0 Å². The second kappa shape index (κ2) is 11.4.